The van der Waals surface area contributed by atoms with E-state index in [9.17, 15) is 4.79 Å². The van der Waals surface area contributed by atoms with Crippen LogP contribution in [0, 0.1) is 0 Å². The number of aliphatic hydroxyl groups is 1. The van der Waals surface area contributed by atoms with Gasteiger partial charge in [-0.3, -0.25) is 4.79 Å². The number of carbonyl (C=O) groups excluding carboxylic acids is 1. The summed E-state index contributed by atoms with van der Waals surface area (Å²) in [6, 6.07) is 7.41. The number of hydrogen-bond donors (Lipinski definition) is 1. The van der Waals surface area contributed by atoms with Gasteiger partial charge in [-0.1, -0.05) is 0 Å². The van der Waals surface area contributed by atoms with E-state index in [1.165, 1.54) is 0 Å². The first-order chi connectivity index (χ1) is 10.2. The molecule has 1 aromatic rings. The zero-order valence-corrected chi connectivity index (χ0v) is 12.6. The van der Waals surface area contributed by atoms with Gasteiger partial charge in [0.25, 0.3) is 5.91 Å². The summed E-state index contributed by atoms with van der Waals surface area (Å²) in [6.45, 7) is 2.10. The third-order valence-electron chi connectivity index (χ3n) is 3.86. The lowest BCUT2D eigenvalue weighted by Gasteiger charge is -2.38. The molecule has 1 aromatic carbocycles. The van der Waals surface area contributed by atoms with E-state index in [4.69, 9.17) is 14.6 Å². The number of carbonyl (C=O) groups is 1. The maximum atomic E-state index is 12.5. The van der Waals surface area contributed by atoms with Gasteiger partial charge in [-0.15, -0.1) is 0 Å². The molecule has 5 heteroatoms. The van der Waals surface area contributed by atoms with Crippen molar-refractivity contribution in [3.8, 4) is 11.5 Å². The molecule has 116 valence electrons. The molecule has 1 unspecified atom stereocenters. The fourth-order valence-electron chi connectivity index (χ4n) is 2.42. The Balaban J connectivity index is 1.96. The summed E-state index contributed by atoms with van der Waals surface area (Å²) in [5, 5.41) is 9.13. The van der Waals surface area contributed by atoms with Crippen LogP contribution in [0.3, 0.4) is 0 Å². The van der Waals surface area contributed by atoms with E-state index in [1.807, 2.05) is 0 Å². The number of nitrogens with zero attached hydrogens (tertiary/aromatic N) is 1. The summed E-state index contributed by atoms with van der Waals surface area (Å²) in [7, 11) is 1.60. The summed E-state index contributed by atoms with van der Waals surface area (Å²) in [5.41, 5.74) is 0. The van der Waals surface area contributed by atoms with Crippen LogP contribution in [0.15, 0.2) is 24.3 Å². The van der Waals surface area contributed by atoms with Crippen molar-refractivity contribution in [1.82, 2.24) is 4.90 Å². The number of benzene rings is 1. The van der Waals surface area contributed by atoms with Gasteiger partial charge < -0.3 is 19.5 Å². The first kappa shape index (κ1) is 15.6. The van der Waals surface area contributed by atoms with E-state index in [0.717, 1.165) is 25.0 Å². The van der Waals surface area contributed by atoms with Crippen molar-refractivity contribution in [2.75, 3.05) is 20.3 Å². The van der Waals surface area contributed by atoms with Crippen LogP contribution in [0.4, 0.5) is 0 Å². The van der Waals surface area contributed by atoms with Gasteiger partial charge in [0.2, 0.25) is 0 Å². The van der Waals surface area contributed by atoms with Crippen molar-refractivity contribution >= 4 is 5.91 Å². The van der Waals surface area contributed by atoms with Gasteiger partial charge in [0.05, 0.1) is 13.7 Å². The fourth-order valence-corrected chi connectivity index (χ4v) is 2.42. The number of aliphatic hydroxyl groups excluding tert-OH is 1. The predicted molar refractivity (Wildman–Crippen MR) is 79.5 cm³/mol. The first-order valence-electron chi connectivity index (χ1n) is 7.37. The molecule has 2 rings (SSSR count). The molecule has 1 fully saturated rings. The van der Waals surface area contributed by atoms with E-state index in [0.29, 0.717) is 12.3 Å². The number of ether oxygens (including phenoxy) is 2. The molecule has 0 aromatic heterocycles. The Hall–Kier alpha value is -1.75. The highest BCUT2D eigenvalue weighted by Crippen LogP contribution is 2.26. The summed E-state index contributed by atoms with van der Waals surface area (Å²) in [4.78, 5) is 14.2. The second-order valence-electron chi connectivity index (χ2n) is 5.28. The van der Waals surface area contributed by atoms with E-state index in [-0.39, 0.29) is 18.6 Å². The molecule has 0 aliphatic heterocycles. The average Bonchev–Trinajstić information content (AvgIpc) is 2.45. The molecule has 1 amide bonds. The summed E-state index contributed by atoms with van der Waals surface area (Å²) in [5.74, 6) is 1.32. The lowest BCUT2D eigenvalue weighted by atomic mass is 9.91. The highest BCUT2D eigenvalue weighted by molar-refractivity contribution is 5.81. The molecule has 0 radical (unpaired) electrons. The van der Waals surface area contributed by atoms with Crippen molar-refractivity contribution in [1.29, 1.82) is 0 Å². The van der Waals surface area contributed by atoms with Crippen molar-refractivity contribution in [2.24, 2.45) is 0 Å². The quantitative estimate of drug-likeness (QED) is 0.833. The third kappa shape index (κ3) is 3.88. The van der Waals surface area contributed by atoms with Gasteiger partial charge in [0.1, 0.15) is 11.5 Å². The van der Waals surface area contributed by atoms with E-state index >= 15 is 0 Å². The molecular formula is C16H23NO4. The van der Waals surface area contributed by atoms with Gasteiger partial charge in [-0.05, 0) is 50.5 Å². The Morgan fingerprint density at radius 3 is 2.43 bits per heavy atom. The van der Waals surface area contributed by atoms with Gasteiger partial charge >= 0.3 is 0 Å². The zero-order chi connectivity index (χ0) is 15.2. The minimum atomic E-state index is -0.564. The molecule has 1 N–H and O–H groups in total. The molecule has 0 heterocycles. The second-order valence-corrected chi connectivity index (χ2v) is 5.28. The van der Waals surface area contributed by atoms with Gasteiger partial charge in [0.15, 0.2) is 6.10 Å². The van der Waals surface area contributed by atoms with Crippen molar-refractivity contribution in [2.45, 2.75) is 38.3 Å². The van der Waals surface area contributed by atoms with Crippen LogP contribution in [-0.2, 0) is 4.79 Å². The Labute approximate surface area is 125 Å². The highest BCUT2D eigenvalue weighted by Gasteiger charge is 2.31. The van der Waals surface area contributed by atoms with Crippen LogP contribution in [0.2, 0.25) is 0 Å². The van der Waals surface area contributed by atoms with Gasteiger partial charge in [-0.2, -0.15) is 0 Å². The molecule has 5 nitrogen and oxygen atoms in total. The Morgan fingerprint density at radius 2 is 1.95 bits per heavy atom. The molecule has 0 spiro atoms. The number of amides is 1. The Morgan fingerprint density at radius 1 is 1.33 bits per heavy atom. The number of methoxy groups -OCH3 is 1. The molecule has 0 saturated heterocycles. The summed E-state index contributed by atoms with van der Waals surface area (Å²) >= 11 is 0. The number of rotatable bonds is 7. The van der Waals surface area contributed by atoms with Crippen LogP contribution in [-0.4, -0.2) is 48.3 Å². The van der Waals surface area contributed by atoms with Crippen LogP contribution in [0.5, 0.6) is 11.5 Å². The lowest BCUT2D eigenvalue weighted by Crippen LogP contribution is -2.50. The van der Waals surface area contributed by atoms with E-state index < -0.39 is 6.10 Å². The third-order valence-corrected chi connectivity index (χ3v) is 3.86. The molecule has 1 atom stereocenters. The van der Waals surface area contributed by atoms with Crippen LogP contribution in [0.25, 0.3) is 0 Å². The predicted octanol–water partition coefficient (Wildman–Crippen LogP) is 1.84. The average molecular weight is 293 g/mol. The summed E-state index contributed by atoms with van der Waals surface area (Å²) in [6.07, 6.45) is 2.61. The molecule has 1 aliphatic rings. The minimum Gasteiger partial charge on any atom is -0.497 e. The standard InChI is InChI=1S/C16H23NO4/c1-12(21-15-8-6-14(20-2)7-9-15)16(19)17(10-11-18)13-4-3-5-13/h6-9,12-13,18H,3-5,10-11H2,1-2H3. The minimum absolute atomic E-state index is 0.0164. The number of hydrogen-bond acceptors (Lipinski definition) is 4. The maximum Gasteiger partial charge on any atom is 0.263 e. The largest absolute Gasteiger partial charge is 0.497 e. The molecule has 1 saturated carbocycles. The normalized spacial score (nSPS) is 16.0. The maximum absolute atomic E-state index is 12.5. The van der Waals surface area contributed by atoms with Crippen molar-refractivity contribution < 1.29 is 19.4 Å². The molecule has 0 bridgehead atoms. The van der Waals surface area contributed by atoms with Crippen molar-refractivity contribution in [3.05, 3.63) is 24.3 Å². The Kier molecular flexibility index (Phi) is 5.44. The lowest BCUT2D eigenvalue weighted by molar-refractivity contribution is -0.142. The summed E-state index contributed by atoms with van der Waals surface area (Å²) < 4.78 is 10.8. The smallest absolute Gasteiger partial charge is 0.263 e. The van der Waals surface area contributed by atoms with Gasteiger partial charge in [0, 0.05) is 12.6 Å². The molecule has 21 heavy (non-hydrogen) atoms. The first-order valence-corrected chi connectivity index (χ1v) is 7.37. The van der Waals surface area contributed by atoms with Crippen LogP contribution < -0.4 is 9.47 Å². The SMILES string of the molecule is COc1ccc(OC(C)C(=O)N(CCO)C2CCC2)cc1. The molecule has 1 aliphatic carbocycles. The van der Waals surface area contributed by atoms with Gasteiger partial charge in [-0.25, -0.2) is 0 Å². The van der Waals surface area contributed by atoms with Crippen molar-refractivity contribution in [3.63, 3.8) is 0 Å². The monoisotopic (exact) mass is 293 g/mol. The fraction of sp³-hybridized carbons (Fsp3) is 0.562. The van der Waals surface area contributed by atoms with E-state index in [2.05, 4.69) is 0 Å². The zero-order valence-electron chi connectivity index (χ0n) is 12.6. The van der Waals surface area contributed by atoms with Crippen LogP contribution >= 0.6 is 0 Å². The topological polar surface area (TPSA) is 59.0 Å². The second kappa shape index (κ2) is 7.31. The van der Waals surface area contributed by atoms with E-state index in [1.54, 1.807) is 43.2 Å². The molecular weight excluding hydrogens is 270 g/mol. The van der Waals surface area contributed by atoms with Crippen LogP contribution in [0.1, 0.15) is 26.2 Å². The Bertz CT molecular complexity index is 456. The highest BCUT2D eigenvalue weighted by atomic mass is 16.5.